The molecule has 0 aliphatic heterocycles. The summed E-state index contributed by atoms with van der Waals surface area (Å²) >= 11 is 0. The Bertz CT molecular complexity index is 466. The average molecular weight is 275 g/mol. The van der Waals surface area contributed by atoms with Gasteiger partial charge in [0.05, 0.1) is 5.60 Å². The summed E-state index contributed by atoms with van der Waals surface area (Å²) in [6.45, 7) is 0.415. The van der Waals surface area contributed by atoms with Crippen molar-refractivity contribution in [2.24, 2.45) is 5.73 Å². The Morgan fingerprint density at radius 3 is 2.80 bits per heavy atom. The van der Waals surface area contributed by atoms with Crippen LogP contribution < -0.4 is 10.5 Å². The van der Waals surface area contributed by atoms with E-state index in [0.717, 1.165) is 50.7 Å². The van der Waals surface area contributed by atoms with Crippen molar-refractivity contribution >= 4 is 0 Å². The van der Waals surface area contributed by atoms with Crippen molar-refractivity contribution in [1.82, 2.24) is 0 Å². The monoisotopic (exact) mass is 275 g/mol. The molecule has 0 aromatic heterocycles. The van der Waals surface area contributed by atoms with Gasteiger partial charge in [0.1, 0.15) is 12.4 Å². The van der Waals surface area contributed by atoms with Gasteiger partial charge in [-0.15, -0.1) is 0 Å². The first-order valence-corrected chi connectivity index (χ1v) is 7.90. The highest BCUT2D eigenvalue weighted by atomic mass is 16.5. The fourth-order valence-corrected chi connectivity index (χ4v) is 3.55. The minimum absolute atomic E-state index is 0.139. The molecule has 110 valence electrons. The minimum atomic E-state index is -0.627. The highest BCUT2D eigenvalue weighted by molar-refractivity contribution is 5.43. The lowest BCUT2D eigenvalue weighted by Crippen LogP contribution is -2.38. The molecule has 0 bridgehead atoms. The topological polar surface area (TPSA) is 55.5 Å². The molecule has 1 fully saturated rings. The van der Waals surface area contributed by atoms with Crippen LogP contribution in [0.1, 0.15) is 62.1 Å². The summed E-state index contributed by atoms with van der Waals surface area (Å²) in [4.78, 5) is 0. The summed E-state index contributed by atoms with van der Waals surface area (Å²) in [5, 5.41) is 10.5. The normalized spacial score (nSPS) is 25.0. The second-order valence-electron chi connectivity index (χ2n) is 6.40. The lowest BCUT2D eigenvalue weighted by atomic mass is 9.85. The number of aliphatic hydroxyl groups is 1. The van der Waals surface area contributed by atoms with Crippen molar-refractivity contribution < 1.29 is 9.84 Å². The van der Waals surface area contributed by atoms with Crippen LogP contribution in [0.5, 0.6) is 5.75 Å². The standard InChI is InChI=1S/C17H25NO2/c18-15-8-4-7-14-13(15)6-5-9-16(14)20-12-17(19)10-2-1-3-11-17/h5-6,9,15,19H,1-4,7-8,10-12,18H2. The largest absolute Gasteiger partial charge is 0.490 e. The smallest absolute Gasteiger partial charge is 0.122 e. The zero-order valence-corrected chi connectivity index (χ0v) is 12.1. The average Bonchev–Trinajstić information content (AvgIpc) is 2.47. The highest BCUT2D eigenvalue weighted by Crippen LogP contribution is 2.35. The van der Waals surface area contributed by atoms with Gasteiger partial charge in [-0.25, -0.2) is 0 Å². The Balaban J connectivity index is 1.73. The SMILES string of the molecule is NC1CCCc2c(OCC3(O)CCCCC3)cccc21. The van der Waals surface area contributed by atoms with Gasteiger partial charge in [-0.1, -0.05) is 31.4 Å². The number of hydrogen-bond acceptors (Lipinski definition) is 3. The maximum atomic E-state index is 10.5. The molecule has 20 heavy (non-hydrogen) atoms. The summed E-state index contributed by atoms with van der Waals surface area (Å²) < 4.78 is 5.99. The molecule has 2 aliphatic rings. The highest BCUT2D eigenvalue weighted by Gasteiger charge is 2.30. The number of hydrogen-bond donors (Lipinski definition) is 2. The van der Waals surface area contributed by atoms with Crippen molar-refractivity contribution in [2.45, 2.75) is 63.0 Å². The Morgan fingerprint density at radius 2 is 2.00 bits per heavy atom. The van der Waals surface area contributed by atoms with Gasteiger partial charge in [0, 0.05) is 6.04 Å². The van der Waals surface area contributed by atoms with Crippen LogP contribution in [0.3, 0.4) is 0 Å². The summed E-state index contributed by atoms with van der Waals surface area (Å²) in [5.41, 5.74) is 8.03. The molecule has 0 saturated heterocycles. The Morgan fingerprint density at radius 1 is 1.20 bits per heavy atom. The third-order valence-corrected chi connectivity index (χ3v) is 4.79. The number of benzene rings is 1. The molecule has 3 heteroatoms. The first kappa shape index (κ1) is 13.9. The zero-order chi connectivity index (χ0) is 14.0. The Hall–Kier alpha value is -1.06. The molecular weight excluding hydrogens is 250 g/mol. The van der Waals surface area contributed by atoms with E-state index in [1.165, 1.54) is 17.5 Å². The maximum absolute atomic E-state index is 10.5. The van der Waals surface area contributed by atoms with Crippen LogP contribution in [0.2, 0.25) is 0 Å². The van der Waals surface area contributed by atoms with E-state index in [2.05, 4.69) is 6.07 Å². The molecule has 1 unspecified atom stereocenters. The molecule has 0 spiro atoms. The van der Waals surface area contributed by atoms with Gasteiger partial charge in [-0.05, 0) is 49.3 Å². The van der Waals surface area contributed by atoms with E-state index in [9.17, 15) is 5.11 Å². The van der Waals surface area contributed by atoms with E-state index in [1.54, 1.807) is 0 Å². The van der Waals surface area contributed by atoms with Crippen LogP contribution in [-0.4, -0.2) is 17.3 Å². The van der Waals surface area contributed by atoms with E-state index in [4.69, 9.17) is 10.5 Å². The zero-order valence-electron chi connectivity index (χ0n) is 12.1. The van der Waals surface area contributed by atoms with Gasteiger partial charge in [-0.2, -0.15) is 0 Å². The van der Waals surface area contributed by atoms with E-state index in [-0.39, 0.29) is 6.04 Å². The fraction of sp³-hybridized carbons (Fsp3) is 0.647. The second kappa shape index (κ2) is 5.74. The van der Waals surface area contributed by atoms with Crippen molar-refractivity contribution in [2.75, 3.05) is 6.61 Å². The van der Waals surface area contributed by atoms with Gasteiger partial charge < -0.3 is 15.6 Å². The summed E-state index contributed by atoms with van der Waals surface area (Å²) in [5.74, 6) is 0.927. The number of ether oxygens (including phenoxy) is 1. The van der Waals surface area contributed by atoms with Gasteiger partial charge in [0.15, 0.2) is 0 Å². The molecule has 0 heterocycles. The quantitative estimate of drug-likeness (QED) is 0.891. The second-order valence-corrected chi connectivity index (χ2v) is 6.40. The molecule has 1 aromatic rings. The van der Waals surface area contributed by atoms with Crippen molar-refractivity contribution in [3.63, 3.8) is 0 Å². The molecule has 2 aliphatic carbocycles. The lowest BCUT2D eigenvalue weighted by Gasteiger charge is -2.32. The summed E-state index contributed by atoms with van der Waals surface area (Å²) in [6.07, 6.45) is 8.40. The van der Waals surface area contributed by atoms with Crippen molar-refractivity contribution in [1.29, 1.82) is 0 Å². The van der Waals surface area contributed by atoms with E-state index < -0.39 is 5.60 Å². The number of rotatable bonds is 3. The minimum Gasteiger partial charge on any atom is -0.490 e. The molecule has 3 rings (SSSR count). The predicted octanol–water partition coefficient (Wildman–Crippen LogP) is 3.10. The number of fused-ring (bicyclic) bond motifs is 1. The fourth-order valence-electron chi connectivity index (χ4n) is 3.55. The van der Waals surface area contributed by atoms with Crippen LogP contribution in [0.15, 0.2) is 18.2 Å². The summed E-state index contributed by atoms with van der Waals surface area (Å²) in [7, 11) is 0. The molecular formula is C17H25NO2. The lowest BCUT2D eigenvalue weighted by molar-refractivity contribution is -0.0341. The van der Waals surface area contributed by atoms with Crippen LogP contribution in [0.25, 0.3) is 0 Å². The molecule has 0 amide bonds. The predicted molar refractivity (Wildman–Crippen MR) is 79.8 cm³/mol. The Labute approximate surface area is 121 Å². The van der Waals surface area contributed by atoms with E-state index in [0.29, 0.717) is 6.61 Å². The van der Waals surface area contributed by atoms with Crippen LogP contribution in [0.4, 0.5) is 0 Å². The molecule has 3 nitrogen and oxygen atoms in total. The molecule has 3 N–H and O–H groups in total. The van der Waals surface area contributed by atoms with Crippen LogP contribution in [0, 0.1) is 0 Å². The van der Waals surface area contributed by atoms with E-state index in [1.807, 2.05) is 12.1 Å². The van der Waals surface area contributed by atoms with Gasteiger partial charge in [0.25, 0.3) is 0 Å². The molecule has 1 saturated carbocycles. The number of nitrogens with two attached hydrogens (primary N) is 1. The third kappa shape index (κ3) is 2.84. The van der Waals surface area contributed by atoms with Crippen molar-refractivity contribution in [3.8, 4) is 5.75 Å². The van der Waals surface area contributed by atoms with Gasteiger partial charge in [-0.3, -0.25) is 0 Å². The van der Waals surface area contributed by atoms with Gasteiger partial charge >= 0.3 is 0 Å². The first-order valence-electron chi connectivity index (χ1n) is 7.90. The van der Waals surface area contributed by atoms with Gasteiger partial charge in [0.2, 0.25) is 0 Å². The Kier molecular flexibility index (Phi) is 3.99. The molecule has 1 aromatic carbocycles. The first-order chi connectivity index (χ1) is 9.68. The maximum Gasteiger partial charge on any atom is 0.122 e. The van der Waals surface area contributed by atoms with Crippen molar-refractivity contribution in [3.05, 3.63) is 29.3 Å². The third-order valence-electron chi connectivity index (χ3n) is 4.79. The molecule has 0 radical (unpaired) electrons. The molecule has 1 atom stereocenters. The van der Waals surface area contributed by atoms with Crippen LogP contribution >= 0.6 is 0 Å². The van der Waals surface area contributed by atoms with Crippen LogP contribution in [-0.2, 0) is 6.42 Å². The summed E-state index contributed by atoms with van der Waals surface area (Å²) in [6, 6.07) is 6.29. The van der Waals surface area contributed by atoms with E-state index >= 15 is 0 Å².